The summed E-state index contributed by atoms with van der Waals surface area (Å²) in [6.45, 7) is 32.4. The number of aldehydes is 1. The second kappa shape index (κ2) is 30.0. The van der Waals surface area contributed by atoms with Crippen molar-refractivity contribution < 1.29 is 23.9 Å². The number of amides is 2. The summed E-state index contributed by atoms with van der Waals surface area (Å²) in [6, 6.07) is 31.8. The van der Waals surface area contributed by atoms with Gasteiger partial charge in [0.15, 0.2) is 0 Å². The molecule has 3 saturated carbocycles. The van der Waals surface area contributed by atoms with Gasteiger partial charge in [-0.05, 0) is 212 Å². The minimum Gasteiger partial charge on any atom is -0.444 e. The molecular weight excluding hydrogens is 1000 g/mol. The fraction of sp³-hybridized carbons (Fsp3) is 0.614. The Labute approximate surface area is 490 Å². The molecule has 6 unspecified atom stereocenters. The summed E-state index contributed by atoms with van der Waals surface area (Å²) >= 11 is 0. The molecule has 6 fully saturated rings. The summed E-state index contributed by atoms with van der Waals surface area (Å²) in [5.41, 5.74) is 14.4. The van der Waals surface area contributed by atoms with Crippen LogP contribution in [-0.2, 0) is 14.3 Å². The highest BCUT2D eigenvalue weighted by atomic mass is 16.6. The van der Waals surface area contributed by atoms with E-state index in [1.807, 2.05) is 52.5 Å². The van der Waals surface area contributed by atoms with Gasteiger partial charge in [-0.1, -0.05) is 147 Å². The maximum Gasteiger partial charge on any atom is 0.410 e. The van der Waals surface area contributed by atoms with E-state index < -0.39 is 11.2 Å². The Hall–Kier alpha value is -5.07. The Bertz CT molecular complexity index is 2500. The van der Waals surface area contributed by atoms with Gasteiger partial charge in [0.25, 0.3) is 0 Å². The molecule has 11 nitrogen and oxygen atoms in total. The lowest BCUT2D eigenvalue weighted by atomic mass is 9.95. The van der Waals surface area contributed by atoms with Crippen molar-refractivity contribution in [2.24, 2.45) is 41.2 Å². The van der Waals surface area contributed by atoms with Crippen LogP contribution in [-0.4, -0.2) is 108 Å². The number of piperidine rings is 3. The summed E-state index contributed by atoms with van der Waals surface area (Å²) in [5, 5.41) is 11.3. The van der Waals surface area contributed by atoms with Gasteiger partial charge in [0, 0.05) is 48.7 Å². The molecule has 3 aliphatic heterocycles. The number of carbonyl (C=O) groups is 3. The van der Waals surface area contributed by atoms with Crippen LogP contribution in [0.4, 0.5) is 9.59 Å². The number of ether oxygens (including phenoxy) is 2. The van der Waals surface area contributed by atoms with Crippen LogP contribution in [0.25, 0.3) is 18.2 Å². The quantitative estimate of drug-likeness (QED) is 0.103. The normalized spacial score (nSPS) is 26.3. The number of nitrogens with one attached hydrogen (secondary N) is 3. The molecule has 11 heteroatoms. The van der Waals surface area contributed by atoms with E-state index >= 15 is 0 Å². The van der Waals surface area contributed by atoms with E-state index in [0.29, 0.717) is 36.4 Å². The van der Waals surface area contributed by atoms with Crippen LogP contribution >= 0.6 is 0 Å². The lowest BCUT2D eigenvalue weighted by molar-refractivity contribution is -0.112. The fourth-order valence-electron chi connectivity index (χ4n) is 12.3. The summed E-state index contributed by atoms with van der Waals surface area (Å²) < 4.78 is 10.8. The highest BCUT2D eigenvalue weighted by molar-refractivity contribution is 5.69. The minimum atomic E-state index is -0.446. The first-order chi connectivity index (χ1) is 38.5. The molecule has 2 amide bonds. The second-order valence-electron chi connectivity index (χ2n) is 26.6. The zero-order chi connectivity index (χ0) is 58.9. The highest BCUT2D eigenvalue weighted by Gasteiger charge is 2.54. The lowest BCUT2D eigenvalue weighted by Crippen LogP contribution is -2.44. The summed E-state index contributed by atoms with van der Waals surface area (Å²) in [5.74, 6) is 3.57. The minimum absolute atomic E-state index is 0.0926. The molecule has 9 rings (SSSR count). The topological polar surface area (TPSA) is 138 Å². The van der Waals surface area contributed by atoms with Crippen LogP contribution in [0.15, 0.2) is 108 Å². The van der Waals surface area contributed by atoms with Crippen LogP contribution < -0.4 is 21.7 Å². The first-order valence-corrected chi connectivity index (χ1v) is 31.1. The molecule has 3 aromatic carbocycles. The van der Waals surface area contributed by atoms with E-state index in [1.54, 1.807) is 4.90 Å². The number of nitrogens with two attached hydrogens (primary N) is 1. The zero-order valence-electron chi connectivity index (χ0n) is 52.1. The third kappa shape index (κ3) is 20.6. The van der Waals surface area contributed by atoms with Gasteiger partial charge < -0.3 is 45.8 Å². The van der Waals surface area contributed by atoms with Gasteiger partial charge in [-0.3, -0.25) is 0 Å². The summed E-state index contributed by atoms with van der Waals surface area (Å²) in [7, 11) is 0. The smallest absolute Gasteiger partial charge is 0.410 e. The summed E-state index contributed by atoms with van der Waals surface area (Å²) in [4.78, 5) is 37.9. The SMILES string of the molecule is CC(C)(C)OC(=O)N1CCC(C=O)CC1.CCC1(N)CC1/C(C)=C/c1ccccc1.CCC1(NCC2CCN(C(=O)OC(C)(C)C)CC2)CC1/C(C)=C/c1ccccc1.CCC1(NCC2CCNCC2)CC1/C(C)=C/c1ccccc1. The first kappa shape index (κ1) is 65.1. The van der Waals surface area contributed by atoms with Gasteiger partial charge >= 0.3 is 12.2 Å². The molecule has 5 N–H and O–H groups in total. The lowest BCUT2D eigenvalue weighted by Gasteiger charge is -2.34. The number of nitrogens with zero attached hydrogens (tertiary/aromatic N) is 2. The van der Waals surface area contributed by atoms with E-state index in [0.717, 1.165) is 82.7 Å². The molecule has 81 heavy (non-hydrogen) atoms. The van der Waals surface area contributed by atoms with Crippen LogP contribution in [0.5, 0.6) is 0 Å². The Morgan fingerprint density at radius 2 is 0.914 bits per heavy atom. The van der Waals surface area contributed by atoms with Crippen LogP contribution in [0.2, 0.25) is 0 Å². The van der Waals surface area contributed by atoms with Gasteiger partial charge in [0.1, 0.15) is 17.5 Å². The average molecular weight is 1110 g/mol. The number of hydrogen-bond donors (Lipinski definition) is 4. The van der Waals surface area contributed by atoms with Gasteiger partial charge in [-0.15, -0.1) is 0 Å². The van der Waals surface area contributed by atoms with Crippen molar-refractivity contribution in [3.63, 3.8) is 0 Å². The molecule has 3 saturated heterocycles. The number of carbonyl (C=O) groups excluding carboxylic acids is 3. The van der Waals surface area contributed by atoms with Gasteiger partial charge in [0.05, 0.1) is 0 Å². The van der Waals surface area contributed by atoms with Crippen molar-refractivity contribution >= 4 is 36.7 Å². The second-order valence-corrected chi connectivity index (χ2v) is 26.6. The predicted molar refractivity (Wildman–Crippen MR) is 337 cm³/mol. The number of hydrogen-bond acceptors (Lipinski definition) is 9. The first-order valence-electron chi connectivity index (χ1n) is 31.1. The molecule has 3 heterocycles. The molecular formula is C70H106N6O5. The Morgan fingerprint density at radius 1 is 0.556 bits per heavy atom. The maximum absolute atomic E-state index is 12.2. The maximum atomic E-state index is 12.2. The molecule has 0 bridgehead atoms. The number of benzene rings is 3. The van der Waals surface area contributed by atoms with E-state index in [1.165, 1.54) is 85.1 Å². The monoisotopic (exact) mass is 1110 g/mol. The van der Waals surface area contributed by atoms with E-state index in [4.69, 9.17) is 15.2 Å². The standard InChI is InChI=1S/C25H38N2O2.C20H30N2.C14H19N.C11H19NO3/c1-6-25(17-22(25)19(2)16-20-10-8-7-9-11-20)26-18-21-12-14-27(15-13-21)23(28)29-24(3,4)5;1-3-20(22-15-18-9-11-21-12-10-18)14-19(20)16(2)13-17-7-5-4-6-8-17;1-3-14(15)10-13(14)11(2)9-12-7-5-4-6-8-12;1-11(2,3)15-10(14)12-6-4-9(8-13)5-7-12/h7-11,16,21-22,26H,6,12-15,17-18H2,1-5H3;4-8,13,18-19,21-22H,3,9-12,14-15H2,1-2H3;4-9,13H,3,10,15H2,1-2H3;8-9H,4-7H2,1-3H3/b19-16+;16-13+;11-9+;. The van der Waals surface area contributed by atoms with E-state index in [9.17, 15) is 14.4 Å². The van der Waals surface area contributed by atoms with Crippen LogP contribution in [0.1, 0.15) is 177 Å². The molecule has 3 aliphatic carbocycles. The third-order valence-corrected chi connectivity index (χ3v) is 18.0. The molecule has 6 aliphatic rings. The largest absolute Gasteiger partial charge is 0.444 e. The van der Waals surface area contributed by atoms with E-state index in [-0.39, 0.29) is 29.2 Å². The Kier molecular flexibility index (Phi) is 24.1. The van der Waals surface area contributed by atoms with Gasteiger partial charge in [0.2, 0.25) is 0 Å². The molecule has 0 aromatic heterocycles. The highest BCUT2D eigenvalue weighted by Crippen LogP contribution is 2.52. The molecule has 3 aromatic rings. The van der Waals surface area contributed by atoms with Crippen molar-refractivity contribution in [1.29, 1.82) is 0 Å². The van der Waals surface area contributed by atoms with Crippen LogP contribution in [0, 0.1) is 35.5 Å². The molecule has 0 radical (unpaired) electrons. The predicted octanol–water partition coefficient (Wildman–Crippen LogP) is 14.4. The van der Waals surface area contributed by atoms with Crippen molar-refractivity contribution in [2.75, 3.05) is 52.4 Å². The molecule has 446 valence electrons. The fourth-order valence-corrected chi connectivity index (χ4v) is 12.3. The number of likely N-dealkylation sites (tertiary alicyclic amines) is 2. The molecule has 6 atom stereocenters. The van der Waals surface area contributed by atoms with Crippen molar-refractivity contribution in [1.82, 2.24) is 25.8 Å². The third-order valence-electron chi connectivity index (χ3n) is 18.0. The number of rotatable bonds is 16. The van der Waals surface area contributed by atoms with E-state index in [2.05, 4.69) is 161 Å². The van der Waals surface area contributed by atoms with Crippen molar-refractivity contribution in [3.05, 3.63) is 124 Å². The molecule has 0 spiro atoms. The van der Waals surface area contributed by atoms with Crippen molar-refractivity contribution in [3.8, 4) is 0 Å². The van der Waals surface area contributed by atoms with Gasteiger partial charge in [-0.25, -0.2) is 9.59 Å². The summed E-state index contributed by atoms with van der Waals surface area (Å²) in [6.07, 6.45) is 20.9. The zero-order valence-corrected chi connectivity index (χ0v) is 52.1. The Balaban J connectivity index is 0.000000181. The average Bonchev–Trinajstić information content (AvgIpc) is 3.53. The Morgan fingerprint density at radius 3 is 1.25 bits per heavy atom. The van der Waals surface area contributed by atoms with Crippen molar-refractivity contribution in [2.45, 2.75) is 188 Å². The van der Waals surface area contributed by atoms with Crippen LogP contribution in [0.3, 0.4) is 0 Å². The van der Waals surface area contributed by atoms with Gasteiger partial charge in [-0.2, -0.15) is 0 Å².